The zero-order valence-electron chi connectivity index (χ0n) is 18.1. The van der Waals surface area contributed by atoms with E-state index in [9.17, 15) is 13.9 Å². The number of rotatable bonds is 3. The van der Waals surface area contributed by atoms with Gasteiger partial charge >= 0.3 is 0 Å². The van der Waals surface area contributed by atoms with Crippen molar-refractivity contribution in [2.24, 2.45) is 0 Å². The maximum atomic E-state index is 13.5. The fourth-order valence-electron chi connectivity index (χ4n) is 4.50. The van der Waals surface area contributed by atoms with E-state index in [-0.39, 0.29) is 17.4 Å². The topological polar surface area (TPSA) is 101 Å². The minimum atomic E-state index is -3.11. The molecule has 1 fully saturated rings. The number of ether oxygens (including phenoxy) is 1. The standard InChI is InChI=1S/C24H22N4O4S2/c29-24(27-9-11-32-12-10-27)21-19-15-34(30,31)20-7-2-1-6-18(20)22(19)28(26-21)17-5-3-4-16(14-17)23-25-8-13-33-23/h1-8,13-14,30-31H,9-12,15H2. The Morgan fingerprint density at radius 1 is 1.09 bits per heavy atom. The lowest BCUT2D eigenvalue weighted by atomic mass is 10.0. The highest BCUT2D eigenvalue weighted by molar-refractivity contribution is 8.23. The SMILES string of the molecule is O=C(c1nn(-c2cccc(-c3nccs3)c2)c2c1CS(O)(O)c1ccccc1-2)N1CCOCC1. The second-order valence-electron chi connectivity index (χ2n) is 8.19. The molecule has 1 amide bonds. The Bertz CT molecular complexity index is 1380. The lowest BCUT2D eigenvalue weighted by Gasteiger charge is -2.38. The number of carbonyl (C=O) groups excluding carboxylic acids is 1. The Morgan fingerprint density at radius 3 is 2.71 bits per heavy atom. The Hall–Kier alpha value is -3.02. The number of thiazole rings is 1. The Labute approximate surface area is 201 Å². The zero-order valence-corrected chi connectivity index (χ0v) is 19.8. The predicted molar refractivity (Wildman–Crippen MR) is 132 cm³/mol. The van der Waals surface area contributed by atoms with E-state index in [2.05, 4.69) is 4.98 Å². The molecule has 0 spiro atoms. The Morgan fingerprint density at radius 2 is 1.91 bits per heavy atom. The number of fused-ring (bicyclic) bond motifs is 3. The van der Waals surface area contributed by atoms with Gasteiger partial charge in [-0.15, -0.1) is 11.3 Å². The third kappa shape index (κ3) is 3.55. The van der Waals surface area contributed by atoms with E-state index in [1.54, 1.807) is 39.2 Å². The van der Waals surface area contributed by atoms with E-state index in [0.717, 1.165) is 22.0 Å². The van der Waals surface area contributed by atoms with Crippen LogP contribution in [0, 0.1) is 0 Å². The monoisotopic (exact) mass is 494 g/mol. The van der Waals surface area contributed by atoms with Gasteiger partial charge in [0.25, 0.3) is 5.91 Å². The second kappa shape index (κ2) is 8.33. The molecule has 2 aromatic carbocycles. The van der Waals surface area contributed by atoms with Crippen LogP contribution in [0.2, 0.25) is 0 Å². The number of benzene rings is 2. The van der Waals surface area contributed by atoms with Crippen molar-refractivity contribution >= 4 is 27.8 Å². The second-order valence-corrected chi connectivity index (χ2v) is 11.1. The van der Waals surface area contributed by atoms with E-state index in [4.69, 9.17) is 9.84 Å². The third-order valence-corrected chi connectivity index (χ3v) is 8.67. The van der Waals surface area contributed by atoms with Crippen LogP contribution in [0.15, 0.2) is 65.0 Å². The van der Waals surface area contributed by atoms with E-state index < -0.39 is 10.6 Å². The molecular weight excluding hydrogens is 472 g/mol. The van der Waals surface area contributed by atoms with Gasteiger partial charge in [0.2, 0.25) is 0 Å². The van der Waals surface area contributed by atoms with Crippen LogP contribution in [0.3, 0.4) is 0 Å². The largest absolute Gasteiger partial charge is 0.378 e. The summed E-state index contributed by atoms with van der Waals surface area (Å²) in [5, 5.41) is 7.60. The van der Waals surface area contributed by atoms with Gasteiger partial charge in [0.05, 0.1) is 35.2 Å². The van der Waals surface area contributed by atoms with E-state index in [1.165, 1.54) is 0 Å². The maximum absolute atomic E-state index is 13.5. The Balaban J connectivity index is 1.56. The Kier molecular flexibility index (Phi) is 5.27. The van der Waals surface area contributed by atoms with Gasteiger partial charge in [0.1, 0.15) is 5.01 Å². The molecular formula is C24H22N4O4S2. The highest BCUT2D eigenvalue weighted by atomic mass is 32.3. The molecule has 0 bridgehead atoms. The summed E-state index contributed by atoms with van der Waals surface area (Å²) in [6, 6.07) is 15.1. The van der Waals surface area contributed by atoms with Crippen LogP contribution in [-0.2, 0) is 10.5 Å². The van der Waals surface area contributed by atoms with E-state index in [1.807, 2.05) is 41.8 Å². The summed E-state index contributed by atoms with van der Waals surface area (Å²) in [7, 11) is -3.11. The van der Waals surface area contributed by atoms with Gasteiger partial charge in [0.15, 0.2) is 5.69 Å². The van der Waals surface area contributed by atoms with Crippen molar-refractivity contribution in [3.63, 3.8) is 0 Å². The van der Waals surface area contributed by atoms with E-state index in [0.29, 0.717) is 42.3 Å². The average Bonchev–Trinajstić information content (AvgIpc) is 3.53. The molecule has 174 valence electrons. The fraction of sp³-hybridized carbons (Fsp3) is 0.208. The quantitative estimate of drug-likeness (QED) is 0.426. The van der Waals surface area contributed by atoms with Crippen LogP contribution in [0.5, 0.6) is 0 Å². The highest BCUT2D eigenvalue weighted by Crippen LogP contribution is 2.59. The van der Waals surface area contributed by atoms with Crippen molar-refractivity contribution in [1.29, 1.82) is 0 Å². The van der Waals surface area contributed by atoms with Crippen molar-refractivity contribution in [2.45, 2.75) is 10.6 Å². The number of amides is 1. The number of nitrogens with zero attached hydrogens (tertiary/aromatic N) is 4. The molecule has 2 N–H and O–H groups in total. The molecule has 8 nitrogen and oxygen atoms in total. The van der Waals surface area contributed by atoms with Gasteiger partial charge in [0, 0.05) is 41.4 Å². The molecule has 4 aromatic rings. The summed E-state index contributed by atoms with van der Waals surface area (Å²) in [6.07, 6.45) is 1.77. The van der Waals surface area contributed by atoms with Crippen LogP contribution < -0.4 is 0 Å². The zero-order chi connectivity index (χ0) is 23.3. The molecule has 0 unspecified atom stereocenters. The molecule has 6 rings (SSSR count). The number of hydrogen-bond donors (Lipinski definition) is 2. The molecule has 2 aliphatic rings. The average molecular weight is 495 g/mol. The van der Waals surface area contributed by atoms with Crippen LogP contribution in [0.25, 0.3) is 27.5 Å². The van der Waals surface area contributed by atoms with Gasteiger partial charge < -0.3 is 9.64 Å². The summed E-state index contributed by atoms with van der Waals surface area (Å²) in [4.78, 5) is 20.1. The lowest BCUT2D eigenvalue weighted by molar-refractivity contribution is 0.0298. The molecule has 10 heteroatoms. The highest BCUT2D eigenvalue weighted by Gasteiger charge is 2.37. The van der Waals surface area contributed by atoms with Gasteiger partial charge in [-0.2, -0.15) is 15.7 Å². The first kappa shape index (κ1) is 21.5. The predicted octanol–water partition coefficient (Wildman–Crippen LogP) is 4.76. The normalized spacial score (nSPS) is 17.6. The minimum absolute atomic E-state index is 0.0447. The first-order chi connectivity index (χ1) is 16.5. The van der Waals surface area contributed by atoms with Crippen molar-refractivity contribution < 1.29 is 18.6 Å². The summed E-state index contributed by atoms with van der Waals surface area (Å²) >= 11 is 1.55. The van der Waals surface area contributed by atoms with Crippen LogP contribution in [0.4, 0.5) is 0 Å². The number of carbonyl (C=O) groups is 1. The lowest BCUT2D eigenvalue weighted by Crippen LogP contribution is -2.41. The van der Waals surface area contributed by atoms with Crippen molar-refractivity contribution in [1.82, 2.24) is 19.7 Å². The minimum Gasteiger partial charge on any atom is -0.378 e. The van der Waals surface area contributed by atoms with E-state index >= 15 is 0 Å². The molecule has 34 heavy (non-hydrogen) atoms. The van der Waals surface area contributed by atoms with Crippen LogP contribution >= 0.6 is 21.9 Å². The van der Waals surface area contributed by atoms with Crippen LogP contribution in [0.1, 0.15) is 16.1 Å². The maximum Gasteiger partial charge on any atom is 0.274 e. The number of aromatic nitrogens is 3. The van der Waals surface area contributed by atoms with Crippen molar-refractivity contribution in [3.05, 3.63) is 71.4 Å². The molecule has 0 aliphatic carbocycles. The van der Waals surface area contributed by atoms with Gasteiger partial charge in [-0.25, -0.2) is 9.67 Å². The molecule has 1 saturated heterocycles. The summed E-state index contributed by atoms with van der Waals surface area (Å²) in [5.74, 6) is -0.263. The van der Waals surface area contributed by atoms with Gasteiger partial charge in [-0.05, 0) is 18.2 Å². The summed E-state index contributed by atoms with van der Waals surface area (Å²) < 4.78 is 29.1. The number of hydrogen-bond acceptors (Lipinski definition) is 7. The summed E-state index contributed by atoms with van der Waals surface area (Å²) in [6.45, 7) is 1.91. The molecule has 0 atom stereocenters. The van der Waals surface area contributed by atoms with Crippen molar-refractivity contribution in [3.8, 4) is 27.5 Å². The molecule has 4 heterocycles. The first-order valence-corrected chi connectivity index (χ1v) is 13.5. The molecule has 2 aliphatic heterocycles. The van der Waals surface area contributed by atoms with Gasteiger partial charge in [-0.1, -0.05) is 30.3 Å². The molecule has 2 aromatic heterocycles. The third-order valence-electron chi connectivity index (χ3n) is 6.09. The molecule has 0 saturated carbocycles. The van der Waals surface area contributed by atoms with Crippen molar-refractivity contribution in [2.75, 3.05) is 26.3 Å². The smallest absolute Gasteiger partial charge is 0.274 e. The van der Waals surface area contributed by atoms with Gasteiger partial charge in [-0.3, -0.25) is 13.9 Å². The number of morpholine rings is 1. The fourth-order valence-corrected chi connectivity index (χ4v) is 6.78. The first-order valence-electron chi connectivity index (χ1n) is 10.9. The van der Waals surface area contributed by atoms with Crippen LogP contribution in [-0.4, -0.2) is 61.0 Å². The molecule has 0 radical (unpaired) electrons. The summed E-state index contributed by atoms with van der Waals surface area (Å²) in [5.41, 5.74) is 3.94.